The second kappa shape index (κ2) is 10.4. The number of rotatable bonds is 8. The number of aliphatic hydroxyl groups is 2. The van der Waals surface area contributed by atoms with Crippen LogP contribution < -0.4 is 10.1 Å². The Hall–Kier alpha value is -3.86. The molecule has 4 rings (SSSR count). The normalized spacial score (nSPS) is 13.8. The second-order valence-corrected chi connectivity index (χ2v) is 8.12. The average molecular weight is 459 g/mol. The smallest absolute Gasteiger partial charge is 0.407 e. The number of carbonyl (C=O) groups is 1. The molecule has 0 saturated carbocycles. The van der Waals surface area contributed by atoms with Crippen LogP contribution in [0.15, 0.2) is 66.7 Å². The molecule has 1 amide bonds. The van der Waals surface area contributed by atoms with E-state index in [-0.39, 0.29) is 25.5 Å². The molecule has 0 heterocycles. The number of nitrogens with one attached hydrogen (secondary N) is 1. The number of nitriles is 1. The topological polar surface area (TPSA) is 112 Å². The lowest BCUT2D eigenvalue weighted by Gasteiger charge is -2.19. The minimum atomic E-state index is -1.19. The van der Waals surface area contributed by atoms with E-state index in [0.717, 1.165) is 22.3 Å². The Bertz CT molecular complexity index is 1170. The summed E-state index contributed by atoms with van der Waals surface area (Å²) in [7, 11) is 1.43. The van der Waals surface area contributed by atoms with Gasteiger partial charge in [-0.3, -0.25) is 0 Å². The van der Waals surface area contributed by atoms with Crippen molar-refractivity contribution in [2.45, 2.75) is 24.5 Å². The van der Waals surface area contributed by atoms with Crippen LogP contribution in [-0.4, -0.2) is 42.7 Å². The molecule has 1 aliphatic rings. The van der Waals surface area contributed by atoms with Crippen molar-refractivity contribution in [1.82, 2.24) is 5.32 Å². The number of nitrogens with zero attached hydrogens (tertiary/aromatic N) is 1. The van der Waals surface area contributed by atoms with Crippen molar-refractivity contribution in [3.05, 3.63) is 89.0 Å². The monoisotopic (exact) mass is 458 g/mol. The third-order valence-corrected chi connectivity index (χ3v) is 6.11. The molecule has 0 saturated heterocycles. The summed E-state index contributed by atoms with van der Waals surface area (Å²) in [6.07, 6.45) is -2.77. The first kappa shape index (κ1) is 23.3. The summed E-state index contributed by atoms with van der Waals surface area (Å²) in [6, 6.07) is 22.8. The van der Waals surface area contributed by atoms with Gasteiger partial charge in [-0.2, -0.15) is 5.26 Å². The molecule has 0 aromatic heterocycles. The fraction of sp³-hybridized carbons (Fsp3) is 0.259. The molecule has 2 atom stereocenters. The fourth-order valence-electron chi connectivity index (χ4n) is 4.34. The molecule has 2 unspecified atom stereocenters. The van der Waals surface area contributed by atoms with E-state index in [0.29, 0.717) is 16.9 Å². The molecular weight excluding hydrogens is 432 g/mol. The maximum atomic E-state index is 12.3. The molecule has 3 aromatic rings. The zero-order valence-electron chi connectivity index (χ0n) is 18.8. The number of fused-ring (bicyclic) bond motifs is 3. The largest absolute Gasteiger partial charge is 0.495 e. The van der Waals surface area contributed by atoms with E-state index in [4.69, 9.17) is 14.7 Å². The van der Waals surface area contributed by atoms with E-state index in [2.05, 4.69) is 29.6 Å². The van der Waals surface area contributed by atoms with E-state index in [1.165, 1.54) is 19.2 Å². The molecular formula is C27H26N2O5. The van der Waals surface area contributed by atoms with Gasteiger partial charge in [-0.1, -0.05) is 54.6 Å². The van der Waals surface area contributed by atoms with E-state index >= 15 is 0 Å². The lowest BCUT2D eigenvalue weighted by atomic mass is 9.98. The van der Waals surface area contributed by atoms with Crippen molar-refractivity contribution in [1.29, 1.82) is 5.26 Å². The number of aliphatic hydroxyl groups excluding tert-OH is 2. The first-order valence-electron chi connectivity index (χ1n) is 11.1. The number of carbonyl (C=O) groups excluding carboxylic acids is 1. The molecule has 0 spiro atoms. The molecule has 0 bridgehead atoms. The minimum absolute atomic E-state index is 0.0306. The van der Waals surface area contributed by atoms with Crippen LogP contribution in [0.25, 0.3) is 11.1 Å². The summed E-state index contributed by atoms with van der Waals surface area (Å²) in [5, 5.41) is 32.5. The quantitative estimate of drug-likeness (QED) is 0.472. The zero-order chi connectivity index (χ0) is 24.1. The van der Waals surface area contributed by atoms with Gasteiger partial charge in [0.05, 0.1) is 18.8 Å². The van der Waals surface area contributed by atoms with Gasteiger partial charge in [-0.25, -0.2) is 4.79 Å². The predicted molar refractivity (Wildman–Crippen MR) is 126 cm³/mol. The summed E-state index contributed by atoms with van der Waals surface area (Å²) in [6.45, 7) is 0.332. The maximum Gasteiger partial charge on any atom is 0.407 e. The number of alkyl carbamates (subject to hydrolysis) is 1. The molecule has 0 aliphatic heterocycles. The Balaban J connectivity index is 1.28. The van der Waals surface area contributed by atoms with Gasteiger partial charge in [0.2, 0.25) is 0 Å². The second-order valence-electron chi connectivity index (χ2n) is 8.12. The first-order valence-corrected chi connectivity index (χ1v) is 11.1. The van der Waals surface area contributed by atoms with Crippen LogP contribution in [-0.2, 0) is 4.74 Å². The van der Waals surface area contributed by atoms with Crippen molar-refractivity contribution >= 4 is 6.09 Å². The number of amides is 1. The van der Waals surface area contributed by atoms with Crippen LogP contribution in [0, 0.1) is 11.3 Å². The third-order valence-electron chi connectivity index (χ3n) is 6.11. The van der Waals surface area contributed by atoms with Crippen LogP contribution in [0.3, 0.4) is 0 Å². The summed E-state index contributed by atoms with van der Waals surface area (Å²) < 4.78 is 10.6. The Morgan fingerprint density at radius 3 is 2.32 bits per heavy atom. The lowest BCUT2D eigenvalue weighted by molar-refractivity contribution is 0.0135. The first-order chi connectivity index (χ1) is 16.5. The summed E-state index contributed by atoms with van der Waals surface area (Å²) in [4.78, 5) is 12.3. The van der Waals surface area contributed by atoms with Crippen LogP contribution in [0.2, 0.25) is 0 Å². The van der Waals surface area contributed by atoms with Crippen molar-refractivity contribution in [3.8, 4) is 22.9 Å². The molecule has 1 aliphatic carbocycles. The van der Waals surface area contributed by atoms with Gasteiger partial charge in [0.25, 0.3) is 0 Å². The van der Waals surface area contributed by atoms with Gasteiger partial charge in [0.1, 0.15) is 24.5 Å². The zero-order valence-corrected chi connectivity index (χ0v) is 18.8. The highest BCUT2D eigenvalue weighted by molar-refractivity contribution is 5.79. The fourth-order valence-corrected chi connectivity index (χ4v) is 4.34. The number of hydrogen-bond acceptors (Lipinski definition) is 6. The minimum Gasteiger partial charge on any atom is -0.495 e. The Kier molecular flexibility index (Phi) is 7.12. The molecule has 7 nitrogen and oxygen atoms in total. The standard InChI is InChI=1S/C27H26N2O5/c1-33-25-14-17(10-11-18(25)15-28)26(31)24(30)12-13-29-27(32)34-16-23-21-8-4-2-6-19(21)20-7-3-5-9-22(20)23/h2-11,14,23-24,26,30-31H,12-13,16H2,1H3,(H,29,32). The number of ether oxygens (including phenoxy) is 2. The van der Waals surface area contributed by atoms with Crippen molar-refractivity contribution in [2.24, 2.45) is 0 Å². The van der Waals surface area contributed by atoms with Crippen LogP contribution in [0.1, 0.15) is 40.7 Å². The van der Waals surface area contributed by atoms with Gasteiger partial charge in [-0.05, 0) is 46.4 Å². The van der Waals surface area contributed by atoms with E-state index < -0.39 is 18.3 Å². The van der Waals surface area contributed by atoms with Crippen LogP contribution in [0.4, 0.5) is 4.79 Å². The Morgan fingerprint density at radius 2 is 1.71 bits per heavy atom. The molecule has 174 valence electrons. The van der Waals surface area contributed by atoms with Gasteiger partial charge < -0.3 is 25.0 Å². The van der Waals surface area contributed by atoms with Crippen molar-refractivity contribution in [2.75, 3.05) is 20.3 Å². The summed E-state index contributed by atoms with van der Waals surface area (Å²) >= 11 is 0. The molecule has 0 fully saturated rings. The molecule has 3 aromatic carbocycles. The third kappa shape index (κ3) is 4.74. The number of hydrogen-bond donors (Lipinski definition) is 3. The van der Waals surface area contributed by atoms with Gasteiger partial charge in [-0.15, -0.1) is 0 Å². The highest BCUT2D eigenvalue weighted by Gasteiger charge is 2.29. The van der Waals surface area contributed by atoms with Crippen molar-refractivity contribution < 1.29 is 24.5 Å². The predicted octanol–water partition coefficient (Wildman–Crippen LogP) is 3.89. The highest BCUT2D eigenvalue weighted by atomic mass is 16.5. The van der Waals surface area contributed by atoms with Crippen molar-refractivity contribution in [3.63, 3.8) is 0 Å². The molecule has 7 heteroatoms. The highest BCUT2D eigenvalue weighted by Crippen LogP contribution is 2.44. The Morgan fingerprint density at radius 1 is 1.06 bits per heavy atom. The lowest BCUT2D eigenvalue weighted by Crippen LogP contribution is -2.30. The Labute approximate surface area is 198 Å². The van der Waals surface area contributed by atoms with Gasteiger partial charge >= 0.3 is 6.09 Å². The molecule has 0 radical (unpaired) electrons. The van der Waals surface area contributed by atoms with Crippen LogP contribution in [0.5, 0.6) is 5.75 Å². The van der Waals surface area contributed by atoms with Gasteiger partial charge in [0.15, 0.2) is 0 Å². The van der Waals surface area contributed by atoms with E-state index in [1.54, 1.807) is 6.07 Å². The summed E-state index contributed by atoms with van der Waals surface area (Å²) in [5.74, 6) is 0.292. The average Bonchev–Trinajstić information content (AvgIpc) is 3.20. The van der Waals surface area contributed by atoms with Crippen LogP contribution >= 0.6 is 0 Å². The maximum absolute atomic E-state index is 12.3. The van der Waals surface area contributed by atoms with E-state index in [9.17, 15) is 15.0 Å². The summed E-state index contributed by atoms with van der Waals surface area (Å²) in [5.41, 5.74) is 5.34. The number of benzene rings is 3. The van der Waals surface area contributed by atoms with Gasteiger partial charge in [0, 0.05) is 12.5 Å². The number of methoxy groups -OCH3 is 1. The van der Waals surface area contributed by atoms with E-state index in [1.807, 2.05) is 30.3 Å². The molecule has 3 N–H and O–H groups in total. The molecule has 34 heavy (non-hydrogen) atoms. The SMILES string of the molecule is COc1cc(C(O)C(O)CCNC(=O)OCC2c3ccccc3-c3ccccc32)ccc1C#N.